The van der Waals surface area contributed by atoms with E-state index in [0.717, 1.165) is 39.3 Å². The largest absolute Gasteiger partial charge is 0.493 e. The van der Waals surface area contributed by atoms with Crippen LogP contribution in [0.2, 0.25) is 0 Å². The average molecular weight is 523 g/mol. The number of ether oxygens (including phenoxy) is 2. The molecule has 1 heterocycles. The summed E-state index contributed by atoms with van der Waals surface area (Å²) >= 11 is 0. The van der Waals surface area contributed by atoms with Gasteiger partial charge in [0.2, 0.25) is 0 Å². The second kappa shape index (κ2) is 10.8. The molecule has 0 aromatic heterocycles. The molecule has 6 heteroatoms. The number of amides is 1. The van der Waals surface area contributed by atoms with Gasteiger partial charge in [0.05, 0.1) is 14.2 Å². The first-order chi connectivity index (χ1) is 18.8. The Kier molecular flexibility index (Phi) is 7.29. The highest BCUT2D eigenvalue weighted by molar-refractivity contribution is 6.10. The van der Waals surface area contributed by atoms with Gasteiger partial charge in [-0.2, -0.15) is 0 Å². The van der Waals surface area contributed by atoms with E-state index in [-0.39, 0.29) is 17.6 Å². The van der Waals surface area contributed by atoms with E-state index in [9.17, 15) is 9.59 Å². The van der Waals surface area contributed by atoms with E-state index < -0.39 is 5.92 Å². The van der Waals surface area contributed by atoms with Crippen molar-refractivity contribution in [3.63, 3.8) is 0 Å². The van der Waals surface area contributed by atoms with E-state index in [4.69, 9.17) is 9.47 Å². The zero-order chi connectivity index (χ0) is 27.7. The number of dihydropyridines is 1. The third kappa shape index (κ3) is 5.07. The smallest absolute Gasteiger partial charge is 0.254 e. The standard InChI is InChI=1S/C33H34N2O4/c1-19-9-8-11-23(15-19)31-30(33(37)35-25-12-7-6-10-20(25)2)21(3)34-26-16-24(17-27(36)32(26)31)22-13-14-28(38-4)29(18-22)39-5/h6-15,18,24,31,34H,16-17H2,1-5H3,(H,35,37)/t24-,31-/m0/s1. The molecule has 5 rings (SSSR count). The topological polar surface area (TPSA) is 76.7 Å². The summed E-state index contributed by atoms with van der Waals surface area (Å²) in [6.07, 6.45) is 1.01. The van der Waals surface area contributed by atoms with Crippen LogP contribution in [0, 0.1) is 13.8 Å². The summed E-state index contributed by atoms with van der Waals surface area (Å²) in [5, 5.41) is 6.56. The number of hydrogen-bond donors (Lipinski definition) is 2. The molecule has 0 fully saturated rings. The van der Waals surface area contributed by atoms with Crippen molar-refractivity contribution in [3.8, 4) is 11.5 Å². The van der Waals surface area contributed by atoms with Crippen LogP contribution in [0.3, 0.4) is 0 Å². The molecule has 1 amide bonds. The number of benzene rings is 3. The van der Waals surface area contributed by atoms with Crippen LogP contribution in [0.15, 0.2) is 89.3 Å². The summed E-state index contributed by atoms with van der Waals surface area (Å²) in [6, 6.07) is 21.6. The van der Waals surface area contributed by atoms with Gasteiger partial charge < -0.3 is 20.1 Å². The first-order valence-electron chi connectivity index (χ1n) is 13.2. The number of nitrogens with one attached hydrogen (secondary N) is 2. The molecule has 0 saturated carbocycles. The van der Waals surface area contributed by atoms with Crippen LogP contribution < -0.4 is 20.1 Å². The summed E-state index contributed by atoms with van der Waals surface area (Å²) in [7, 11) is 3.22. The van der Waals surface area contributed by atoms with Crippen molar-refractivity contribution in [2.24, 2.45) is 0 Å². The molecule has 0 saturated heterocycles. The predicted octanol–water partition coefficient (Wildman–Crippen LogP) is 6.32. The van der Waals surface area contributed by atoms with Gasteiger partial charge in [0.25, 0.3) is 5.91 Å². The molecule has 1 aliphatic carbocycles. The normalized spacial score (nSPS) is 18.8. The Morgan fingerprint density at radius 3 is 2.36 bits per heavy atom. The number of allylic oxidation sites excluding steroid dienone is 3. The maximum Gasteiger partial charge on any atom is 0.254 e. The highest BCUT2D eigenvalue weighted by Gasteiger charge is 2.41. The molecule has 0 spiro atoms. The van der Waals surface area contributed by atoms with Gasteiger partial charge in [0, 0.05) is 40.6 Å². The van der Waals surface area contributed by atoms with E-state index in [0.29, 0.717) is 35.5 Å². The van der Waals surface area contributed by atoms with Crippen molar-refractivity contribution in [2.75, 3.05) is 19.5 Å². The summed E-state index contributed by atoms with van der Waals surface area (Å²) in [5.41, 5.74) is 7.66. The predicted molar refractivity (Wildman–Crippen MR) is 153 cm³/mol. The average Bonchev–Trinajstić information content (AvgIpc) is 2.92. The number of methoxy groups -OCH3 is 2. The van der Waals surface area contributed by atoms with Crippen LogP contribution in [-0.2, 0) is 9.59 Å². The molecule has 2 atom stereocenters. The monoisotopic (exact) mass is 522 g/mol. The molecule has 2 N–H and O–H groups in total. The highest BCUT2D eigenvalue weighted by atomic mass is 16.5. The van der Waals surface area contributed by atoms with Gasteiger partial charge in [-0.15, -0.1) is 0 Å². The number of carbonyl (C=O) groups is 2. The molecular formula is C33H34N2O4. The molecule has 3 aromatic carbocycles. The van der Waals surface area contributed by atoms with Gasteiger partial charge in [-0.3, -0.25) is 9.59 Å². The Hall–Kier alpha value is -4.32. The van der Waals surface area contributed by atoms with Gasteiger partial charge in [0.1, 0.15) is 0 Å². The fraction of sp³-hybridized carbons (Fsp3) is 0.273. The SMILES string of the molecule is COc1ccc([C@@H]2CC(=O)C3=C(C2)NC(C)=C(C(=O)Nc2ccccc2C)[C@@H]3c2cccc(C)c2)cc1OC. The van der Waals surface area contributed by atoms with Crippen molar-refractivity contribution >= 4 is 17.4 Å². The van der Waals surface area contributed by atoms with Crippen LogP contribution in [0.1, 0.15) is 53.9 Å². The van der Waals surface area contributed by atoms with Crippen LogP contribution in [0.5, 0.6) is 11.5 Å². The van der Waals surface area contributed by atoms with Crippen molar-refractivity contribution in [2.45, 2.75) is 45.4 Å². The Balaban J connectivity index is 1.55. The zero-order valence-electron chi connectivity index (χ0n) is 23.1. The number of aryl methyl sites for hydroxylation is 2. The molecule has 39 heavy (non-hydrogen) atoms. The molecule has 0 unspecified atom stereocenters. The van der Waals surface area contributed by atoms with Gasteiger partial charge in [-0.05, 0) is 68.0 Å². The van der Waals surface area contributed by atoms with Crippen molar-refractivity contribution < 1.29 is 19.1 Å². The number of para-hydroxylation sites is 1. The minimum absolute atomic E-state index is 0.0168. The molecule has 2 aliphatic rings. The quantitative estimate of drug-likeness (QED) is 0.396. The van der Waals surface area contributed by atoms with E-state index in [1.165, 1.54) is 0 Å². The van der Waals surface area contributed by atoms with E-state index >= 15 is 0 Å². The number of ketones is 1. The fourth-order valence-electron chi connectivity index (χ4n) is 5.77. The van der Waals surface area contributed by atoms with E-state index in [1.807, 2.05) is 81.4 Å². The van der Waals surface area contributed by atoms with Crippen molar-refractivity contribution in [3.05, 3.63) is 112 Å². The van der Waals surface area contributed by atoms with Crippen molar-refractivity contribution in [1.29, 1.82) is 0 Å². The first kappa shape index (κ1) is 26.3. The highest BCUT2D eigenvalue weighted by Crippen LogP contribution is 2.46. The molecule has 1 aliphatic heterocycles. The van der Waals surface area contributed by atoms with Crippen LogP contribution in [0.25, 0.3) is 0 Å². The van der Waals surface area contributed by atoms with Crippen LogP contribution in [-0.4, -0.2) is 25.9 Å². The number of hydrogen-bond acceptors (Lipinski definition) is 5. The molecule has 3 aromatic rings. The maximum absolute atomic E-state index is 13.9. The summed E-state index contributed by atoms with van der Waals surface area (Å²) in [6.45, 7) is 5.91. The molecule has 6 nitrogen and oxygen atoms in total. The number of Topliss-reactive ketones (excluding diaryl/α,β-unsaturated/α-hetero) is 1. The molecule has 200 valence electrons. The van der Waals surface area contributed by atoms with E-state index in [1.54, 1.807) is 14.2 Å². The lowest BCUT2D eigenvalue weighted by Crippen LogP contribution is -2.37. The van der Waals surface area contributed by atoms with Gasteiger partial charge in [-0.25, -0.2) is 0 Å². The molecular weight excluding hydrogens is 488 g/mol. The Morgan fingerprint density at radius 1 is 0.872 bits per heavy atom. The van der Waals surface area contributed by atoms with Gasteiger partial charge in [0.15, 0.2) is 17.3 Å². The third-order valence-electron chi connectivity index (χ3n) is 7.72. The summed E-state index contributed by atoms with van der Waals surface area (Å²) < 4.78 is 10.9. The zero-order valence-corrected chi connectivity index (χ0v) is 23.1. The number of anilines is 1. The van der Waals surface area contributed by atoms with Gasteiger partial charge >= 0.3 is 0 Å². The van der Waals surface area contributed by atoms with Crippen molar-refractivity contribution in [1.82, 2.24) is 5.32 Å². The van der Waals surface area contributed by atoms with E-state index in [2.05, 4.69) is 16.7 Å². The minimum Gasteiger partial charge on any atom is -0.493 e. The number of carbonyl (C=O) groups excluding carboxylic acids is 2. The lowest BCUT2D eigenvalue weighted by atomic mass is 9.71. The Bertz CT molecular complexity index is 1520. The fourth-order valence-corrected chi connectivity index (χ4v) is 5.77. The first-order valence-corrected chi connectivity index (χ1v) is 13.2. The molecule has 0 bridgehead atoms. The second-order valence-electron chi connectivity index (χ2n) is 10.3. The summed E-state index contributed by atoms with van der Waals surface area (Å²) in [5.74, 6) is 0.663. The summed E-state index contributed by atoms with van der Waals surface area (Å²) in [4.78, 5) is 27.8. The lowest BCUT2D eigenvalue weighted by molar-refractivity contribution is -0.116. The maximum atomic E-state index is 13.9. The minimum atomic E-state index is -0.455. The second-order valence-corrected chi connectivity index (χ2v) is 10.3. The van der Waals surface area contributed by atoms with Crippen LogP contribution in [0.4, 0.5) is 5.69 Å². The van der Waals surface area contributed by atoms with Crippen LogP contribution >= 0.6 is 0 Å². The Labute approximate surface area is 229 Å². The lowest BCUT2D eigenvalue weighted by Gasteiger charge is -2.37. The Morgan fingerprint density at radius 2 is 1.64 bits per heavy atom. The molecule has 0 radical (unpaired) electrons. The third-order valence-corrected chi connectivity index (χ3v) is 7.72. The van der Waals surface area contributed by atoms with Gasteiger partial charge in [-0.1, -0.05) is 54.1 Å². The number of rotatable bonds is 6.